The van der Waals surface area contributed by atoms with Gasteiger partial charge in [0.25, 0.3) is 5.56 Å². The van der Waals surface area contributed by atoms with Crippen LogP contribution in [0.3, 0.4) is 0 Å². The largest absolute Gasteiger partial charge is 0.463 e. The number of allylic oxidation sites excluding steroid dienone is 1. The Morgan fingerprint density at radius 2 is 1.75 bits per heavy atom. The SMILES string of the molecule is CCOC(=O)/C=C/CC[C@H](NC(=O)OCc1ccccc1)C(=O)Cc1cccn(CC(=O)CCCC(C)C)c1=O. The van der Waals surface area contributed by atoms with Gasteiger partial charge in [0.15, 0.2) is 11.6 Å². The second-order valence-corrected chi connectivity index (χ2v) is 9.92. The molecule has 1 aromatic carbocycles. The number of rotatable bonds is 17. The zero-order chi connectivity index (χ0) is 29.3. The Bertz CT molecular complexity index is 1200. The van der Waals surface area contributed by atoms with E-state index in [0.29, 0.717) is 18.8 Å². The molecule has 40 heavy (non-hydrogen) atoms. The third-order valence-corrected chi connectivity index (χ3v) is 6.10. The van der Waals surface area contributed by atoms with Gasteiger partial charge in [-0.3, -0.25) is 14.4 Å². The van der Waals surface area contributed by atoms with Crippen molar-refractivity contribution in [3.05, 3.63) is 82.3 Å². The summed E-state index contributed by atoms with van der Waals surface area (Å²) < 4.78 is 11.4. The van der Waals surface area contributed by atoms with E-state index in [4.69, 9.17) is 9.47 Å². The molecule has 0 aliphatic rings. The number of aromatic nitrogens is 1. The van der Waals surface area contributed by atoms with Crippen LogP contribution in [0.2, 0.25) is 0 Å². The van der Waals surface area contributed by atoms with Gasteiger partial charge in [-0.25, -0.2) is 9.59 Å². The standard InChI is InChI=1S/C31H40N2O7/c1-4-39-29(36)18-9-8-17-27(32-31(38)40-22-24-13-6-5-7-14-24)28(35)20-25-15-11-19-33(30(25)37)21-26(34)16-10-12-23(2)3/h5-7,9,11,13-15,18-19,23,27H,4,8,10,12,16-17,20-22H2,1-3H3,(H,32,38)/b18-9+/t27-/m0/s1. The van der Waals surface area contributed by atoms with Crippen LogP contribution in [0, 0.1) is 5.92 Å². The number of nitrogens with zero attached hydrogens (tertiary/aromatic N) is 1. The third kappa shape index (κ3) is 12.2. The Morgan fingerprint density at radius 1 is 1.00 bits per heavy atom. The molecule has 1 aromatic heterocycles. The van der Waals surface area contributed by atoms with Crippen molar-refractivity contribution >= 4 is 23.6 Å². The van der Waals surface area contributed by atoms with Gasteiger partial charge in [0, 0.05) is 30.7 Å². The van der Waals surface area contributed by atoms with Crippen LogP contribution in [0.15, 0.2) is 65.6 Å². The molecule has 0 aliphatic carbocycles. The summed E-state index contributed by atoms with van der Waals surface area (Å²) in [6.45, 7) is 6.12. The number of amides is 1. The smallest absolute Gasteiger partial charge is 0.408 e. The van der Waals surface area contributed by atoms with E-state index in [9.17, 15) is 24.0 Å². The van der Waals surface area contributed by atoms with Gasteiger partial charge >= 0.3 is 12.1 Å². The summed E-state index contributed by atoms with van der Waals surface area (Å²) in [4.78, 5) is 62.7. The molecule has 216 valence electrons. The van der Waals surface area contributed by atoms with Gasteiger partial charge in [0.05, 0.1) is 19.2 Å². The Labute approximate surface area is 235 Å². The minimum absolute atomic E-state index is 0.0327. The lowest BCUT2D eigenvalue weighted by atomic mass is 10.0. The van der Waals surface area contributed by atoms with Crippen LogP contribution in [-0.2, 0) is 43.4 Å². The number of carbonyl (C=O) groups excluding carboxylic acids is 4. The number of nitrogens with one attached hydrogen (secondary N) is 1. The van der Waals surface area contributed by atoms with Gasteiger partial charge in [-0.1, -0.05) is 62.7 Å². The van der Waals surface area contributed by atoms with Crippen LogP contribution in [0.1, 0.15) is 64.0 Å². The second-order valence-electron chi connectivity index (χ2n) is 9.92. The first-order valence-electron chi connectivity index (χ1n) is 13.7. The topological polar surface area (TPSA) is 121 Å². The average molecular weight is 553 g/mol. The molecule has 0 fully saturated rings. The molecular formula is C31H40N2O7. The van der Waals surface area contributed by atoms with E-state index in [1.807, 2.05) is 30.3 Å². The molecule has 9 nitrogen and oxygen atoms in total. The predicted octanol–water partition coefficient (Wildman–Crippen LogP) is 4.55. The highest BCUT2D eigenvalue weighted by Gasteiger charge is 2.22. The number of esters is 1. The zero-order valence-corrected chi connectivity index (χ0v) is 23.6. The van der Waals surface area contributed by atoms with Crippen LogP contribution in [0.4, 0.5) is 4.79 Å². The molecule has 0 unspecified atom stereocenters. The summed E-state index contributed by atoms with van der Waals surface area (Å²) in [5.74, 6) is -0.425. The second kappa shape index (κ2) is 17.6. The molecule has 0 saturated heterocycles. The van der Waals surface area contributed by atoms with Crippen LogP contribution < -0.4 is 10.9 Å². The number of Topliss-reactive ketones (excluding diaryl/α,β-unsaturated/α-hetero) is 2. The molecule has 0 radical (unpaired) electrons. The highest BCUT2D eigenvalue weighted by atomic mass is 16.5. The molecule has 0 saturated carbocycles. The molecule has 9 heteroatoms. The van der Waals surface area contributed by atoms with Crippen molar-refractivity contribution in [1.29, 1.82) is 0 Å². The van der Waals surface area contributed by atoms with Gasteiger partial charge in [0.2, 0.25) is 0 Å². The van der Waals surface area contributed by atoms with E-state index in [0.717, 1.165) is 18.4 Å². The van der Waals surface area contributed by atoms with Gasteiger partial charge < -0.3 is 19.4 Å². The summed E-state index contributed by atoms with van der Waals surface area (Å²) >= 11 is 0. The first-order valence-corrected chi connectivity index (χ1v) is 13.7. The van der Waals surface area contributed by atoms with Crippen molar-refractivity contribution in [3.63, 3.8) is 0 Å². The van der Waals surface area contributed by atoms with E-state index >= 15 is 0 Å². The monoisotopic (exact) mass is 552 g/mol. The maximum atomic E-state index is 13.2. The lowest BCUT2D eigenvalue weighted by molar-refractivity contribution is -0.137. The van der Waals surface area contributed by atoms with Crippen LogP contribution in [0.25, 0.3) is 0 Å². The highest BCUT2D eigenvalue weighted by Crippen LogP contribution is 2.09. The summed E-state index contributed by atoms with van der Waals surface area (Å²) in [6, 6.07) is 11.3. The fourth-order valence-corrected chi connectivity index (χ4v) is 3.99. The van der Waals surface area contributed by atoms with E-state index in [1.54, 1.807) is 25.1 Å². The van der Waals surface area contributed by atoms with E-state index < -0.39 is 23.7 Å². The summed E-state index contributed by atoms with van der Waals surface area (Å²) in [7, 11) is 0. The minimum Gasteiger partial charge on any atom is -0.463 e. The highest BCUT2D eigenvalue weighted by molar-refractivity contribution is 5.89. The molecule has 2 rings (SSSR count). The minimum atomic E-state index is -0.958. The van der Waals surface area contributed by atoms with Gasteiger partial charge in [-0.2, -0.15) is 0 Å². The maximum absolute atomic E-state index is 13.2. The van der Waals surface area contributed by atoms with Crippen molar-refractivity contribution in [2.45, 2.75) is 78.5 Å². The number of hydrogen-bond donors (Lipinski definition) is 1. The first kappa shape index (κ1) is 32.2. The number of alkyl carbamates (subject to hydrolysis) is 1. The van der Waals surface area contributed by atoms with Crippen LogP contribution in [-0.4, -0.2) is 40.8 Å². The Hall–Kier alpha value is -4.01. The van der Waals surface area contributed by atoms with Crippen molar-refractivity contribution in [3.8, 4) is 0 Å². The molecule has 0 aliphatic heterocycles. The Morgan fingerprint density at radius 3 is 2.45 bits per heavy atom. The normalized spacial score (nSPS) is 11.8. The molecule has 1 atom stereocenters. The molecule has 1 heterocycles. The van der Waals surface area contributed by atoms with Gasteiger partial charge in [-0.05, 0) is 43.7 Å². The summed E-state index contributed by atoms with van der Waals surface area (Å²) in [6.07, 6.45) is 5.96. The zero-order valence-electron chi connectivity index (χ0n) is 23.6. The molecule has 0 spiro atoms. The van der Waals surface area contributed by atoms with Crippen molar-refractivity contribution in [1.82, 2.24) is 9.88 Å². The third-order valence-electron chi connectivity index (χ3n) is 6.10. The predicted molar refractivity (Wildman–Crippen MR) is 152 cm³/mol. The Balaban J connectivity index is 2.07. The Kier molecular flexibility index (Phi) is 14.1. The van der Waals surface area contributed by atoms with E-state index in [2.05, 4.69) is 19.2 Å². The number of carbonyl (C=O) groups is 4. The summed E-state index contributed by atoms with van der Waals surface area (Å²) in [5.41, 5.74) is 0.608. The quantitative estimate of drug-likeness (QED) is 0.226. The number of ketones is 2. The maximum Gasteiger partial charge on any atom is 0.408 e. The molecular weight excluding hydrogens is 512 g/mol. The molecule has 2 aromatic rings. The van der Waals surface area contributed by atoms with E-state index in [-0.39, 0.29) is 49.7 Å². The van der Waals surface area contributed by atoms with Crippen molar-refractivity contribution in [2.75, 3.05) is 6.61 Å². The lowest BCUT2D eigenvalue weighted by Crippen LogP contribution is -2.42. The number of ether oxygens (including phenoxy) is 2. The van der Waals surface area contributed by atoms with Crippen LogP contribution in [0.5, 0.6) is 0 Å². The van der Waals surface area contributed by atoms with Crippen LogP contribution >= 0.6 is 0 Å². The molecule has 0 bridgehead atoms. The van der Waals surface area contributed by atoms with E-state index in [1.165, 1.54) is 16.8 Å². The fourth-order valence-electron chi connectivity index (χ4n) is 3.99. The van der Waals surface area contributed by atoms with Crippen molar-refractivity contribution in [2.24, 2.45) is 5.92 Å². The summed E-state index contributed by atoms with van der Waals surface area (Å²) in [5, 5.41) is 2.60. The number of hydrogen-bond acceptors (Lipinski definition) is 7. The fraction of sp³-hybridized carbons (Fsp3) is 0.452. The van der Waals surface area contributed by atoms with Gasteiger partial charge in [0.1, 0.15) is 6.61 Å². The first-order chi connectivity index (χ1) is 19.2. The number of pyridine rings is 1. The lowest BCUT2D eigenvalue weighted by Gasteiger charge is -2.17. The molecule has 1 N–H and O–H groups in total. The average Bonchev–Trinajstić information content (AvgIpc) is 2.92. The number of benzene rings is 1. The van der Waals surface area contributed by atoms with Crippen molar-refractivity contribution < 1.29 is 28.7 Å². The van der Waals surface area contributed by atoms with Gasteiger partial charge in [-0.15, -0.1) is 0 Å². The molecule has 1 amide bonds.